The average molecular weight is 381 g/mol. The highest BCUT2D eigenvalue weighted by Gasteiger charge is 2.18. The van der Waals surface area contributed by atoms with Gasteiger partial charge in [0.25, 0.3) is 5.91 Å². The van der Waals surface area contributed by atoms with Crippen LogP contribution in [0.15, 0.2) is 40.8 Å². The molecule has 7 nitrogen and oxygen atoms in total. The number of benzene rings is 1. The molecule has 0 unspecified atom stereocenters. The zero-order valence-corrected chi connectivity index (χ0v) is 16.4. The summed E-state index contributed by atoms with van der Waals surface area (Å²) in [6.45, 7) is 6.41. The quantitative estimate of drug-likeness (QED) is 0.707. The first-order valence-electron chi connectivity index (χ1n) is 8.92. The molecule has 7 heteroatoms. The monoisotopic (exact) mass is 381 g/mol. The van der Waals surface area contributed by atoms with Crippen LogP contribution in [0.1, 0.15) is 49.2 Å². The highest BCUT2D eigenvalue weighted by molar-refractivity contribution is 5.94. The number of carboxylic acids is 1. The first-order valence-corrected chi connectivity index (χ1v) is 8.92. The van der Waals surface area contributed by atoms with Gasteiger partial charge in [0.1, 0.15) is 17.1 Å². The van der Waals surface area contributed by atoms with E-state index in [0.29, 0.717) is 23.6 Å². The molecule has 0 radical (unpaired) electrons. The summed E-state index contributed by atoms with van der Waals surface area (Å²) in [7, 11) is 1.66. The van der Waals surface area contributed by atoms with Crippen molar-refractivity contribution in [2.45, 2.75) is 33.9 Å². The maximum atomic E-state index is 12.7. The highest BCUT2D eigenvalue weighted by Crippen LogP contribution is 2.17. The van der Waals surface area contributed by atoms with E-state index in [0.717, 1.165) is 17.0 Å². The van der Waals surface area contributed by atoms with Gasteiger partial charge in [-0.2, -0.15) is 5.10 Å². The molecule has 3 aromatic rings. The van der Waals surface area contributed by atoms with Crippen molar-refractivity contribution in [1.29, 1.82) is 0 Å². The summed E-state index contributed by atoms with van der Waals surface area (Å²) in [5.41, 5.74) is 3.79. The van der Waals surface area contributed by atoms with Crippen LogP contribution in [0.3, 0.4) is 0 Å². The van der Waals surface area contributed by atoms with E-state index < -0.39 is 5.97 Å². The molecule has 1 aromatic carbocycles. The third-order valence-corrected chi connectivity index (χ3v) is 4.58. The number of aromatic carboxylic acids is 1. The Balaban J connectivity index is 1.67. The van der Waals surface area contributed by atoms with Crippen LogP contribution in [0.4, 0.5) is 0 Å². The topological polar surface area (TPSA) is 88.6 Å². The van der Waals surface area contributed by atoms with Crippen LogP contribution in [0, 0.1) is 20.8 Å². The molecule has 0 aliphatic rings. The Labute approximate surface area is 163 Å². The minimum absolute atomic E-state index is 0.115. The second kappa shape index (κ2) is 7.72. The molecular weight excluding hydrogens is 358 g/mol. The van der Waals surface area contributed by atoms with Crippen molar-refractivity contribution >= 4 is 11.9 Å². The van der Waals surface area contributed by atoms with Gasteiger partial charge in [-0.1, -0.05) is 12.1 Å². The summed E-state index contributed by atoms with van der Waals surface area (Å²) in [6.07, 6.45) is 0. The van der Waals surface area contributed by atoms with Crippen molar-refractivity contribution in [3.8, 4) is 0 Å². The van der Waals surface area contributed by atoms with Gasteiger partial charge in [0, 0.05) is 18.3 Å². The molecule has 0 atom stereocenters. The van der Waals surface area contributed by atoms with E-state index in [1.807, 2.05) is 36.7 Å². The van der Waals surface area contributed by atoms with Gasteiger partial charge >= 0.3 is 5.97 Å². The smallest absolute Gasteiger partial charge is 0.339 e. The van der Waals surface area contributed by atoms with Crippen molar-refractivity contribution < 1.29 is 19.1 Å². The number of carbonyl (C=O) groups excluding carboxylic acids is 1. The number of hydrogen-bond acceptors (Lipinski definition) is 4. The molecule has 28 heavy (non-hydrogen) atoms. The van der Waals surface area contributed by atoms with Crippen LogP contribution in [0.25, 0.3) is 0 Å². The highest BCUT2D eigenvalue weighted by atomic mass is 16.4. The molecule has 0 bridgehead atoms. The van der Waals surface area contributed by atoms with E-state index in [2.05, 4.69) is 5.10 Å². The lowest BCUT2D eigenvalue weighted by Crippen LogP contribution is -2.26. The summed E-state index contributed by atoms with van der Waals surface area (Å²) in [5, 5.41) is 13.6. The molecular formula is C21H23N3O4. The Hall–Kier alpha value is -3.35. The van der Waals surface area contributed by atoms with Gasteiger partial charge in [-0.05, 0) is 50.6 Å². The number of rotatable bonds is 6. The lowest BCUT2D eigenvalue weighted by atomic mass is 10.1. The molecule has 1 amide bonds. The predicted octanol–water partition coefficient (Wildman–Crippen LogP) is 3.42. The van der Waals surface area contributed by atoms with E-state index in [1.165, 1.54) is 11.0 Å². The van der Waals surface area contributed by atoms with Crippen LogP contribution in [0.5, 0.6) is 0 Å². The molecule has 0 fully saturated rings. The predicted molar refractivity (Wildman–Crippen MR) is 103 cm³/mol. The molecule has 0 aliphatic carbocycles. The SMILES string of the molecule is Cc1cc(C)n(Cc2ccc(C(=O)N(C)Cc3cc(C(=O)O)c(C)o3)cc2)n1. The lowest BCUT2D eigenvalue weighted by molar-refractivity contribution is 0.0694. The maximum absolute atomic E-state index is 12.7. The second-order valence-corrected chi connectivity index (χ2v) is 6.93. The van der Waals surface area contributed by atoms with Gasteiger partial charge < -0.3 is 14.4 Å². The minimum Gasteiger partial charge on any atom is -0.478 e. The fraction of sp³-hybridized carbons (Fsp3) is 0.286. The van der Waals surface area contributed by atoms with Crippen molar-refractivity contribution in [3.63, 3.8) is 0 Å². The van der Waals surface area contributed by atoms with E-state index in [1.54, 1.807) is 26.1 Å². The van der Waals surface area contributed by atoms with Crippen molar-refractivity contribution in [1.82, 2.24) is 14.7 Å². The first-order chi connectivity index (χ1) is 13.2. The van der Waals surface area contributed by atoms with E-state index in [4.69, 9.17) is 9.52 Å². The first kappa shape index (κ1) is 19.4. The number of aryl methyl sites for hydroxylation is 3. The summed E-state index contributed by atoms with van der Waals surface area (Å²) in [6, 6.07) is 10.9. The molecule has 1 N–H and O–H groups in total. The number of aromatic nitrogens is 2. The average Bonchev–Trinajstić information content (AvgIpc) is 3.16. The summed E-state index contributed by atoms with van der Waals surface area (Å²) in [5.74, 6) is -0.438. The van der Waals surface area contributed by atoms with E-state index in [9.17, 15) is 9.59 Å². The van der Waals surface area contributed by atoms with Gasteiger partial charge in [0.2, 0.25) is 0 Å². The molecule has 0 saturated heterocycles. The largest absolute Gasteiger partial charge is 0.478 e. The Bertz CT molecular complexity index is 1010. The number of carboxylic acid groups (broad SMARTS) is 1. The number of furan rings is 1. The van der Waals surface area contributed by atoms with E-state index >= 15 is 0 Å². The minimum atomic E-state index is -1.04. The fourth-order valence-electron chi connectivity index (χ4n) is 3.12. The van der Waals surface area contributed by atoms with Gasteiger partial charge in [-0.15, -0.1) is 0 Å². The summed E-state index contributed by atoms with van der Waals surface area (Å²) < 4.78 is 7.38. The zero-order valence-electron chi connectivity index (χ0n) is 16.4. The fourth-order valence-corrected chi connectivity index (χ4v) is 3.12. The molecule has 0 aliphatic heterocycles. The van der Waals surface area contributed by atoms with Gasteiger partial charge in [0.15, 0.2) is 0 Å². The third-order valence-electron chi connectivity index (χ3n) is 4.58. The molecule has 146 valence electrons. The number of hydrogen-bond donors (Lipinski definition) is 1. The standard InChI is InChI=1S/C21H23N3O4/c1-13-9-14(2)24(22-13)11-16-5-7-17(8-6-16)20(25)23(4)12-18-10-19(21(26)27)15(3)28-18/h5-10H,11-12H2,1-4H3,(H,26,27). The zero-order chi connectivity index (χ0) is 20.4. The number of nitrogens with zero attached hydrogens (tertiary/aromatic N) is 3. The second-order valence-electron chi connectivity index (χ2n) is 6.93. The van der Waals surface area contributed by atoms with Gasteiger partial charge in [-0.25, -0.2) is 4.79 Å². The van der Waals surface area contributed by atoms with Gasteiger partial charge in [-0.3, -0.25) is 9.48 Å². The van der Waals surface area contributed by atoms with E-state index in [-0.39, 0.29) is 18.0 Å². The lowest BCUT2D eigenvalue weighted by Gasteiger charge is -2.16. The third kappa shape index (κ3) is 4.14. The summed E-state index contributed by atoms with van der Waals surface area (Å²) in [4.78, 5) is 25.3. The molecule has 0 saturated carbocycles. The normalized spacial score (nSPS) is 10.9. The molecule has 2 aromatic heterocycles. The van der Waals surface area contributed by atoms with Crippen LogP contribution < -0.4 is 0 Å². The Morgan fingerprint density at radius 1 is 1.14 bits per heavy atom. The Morgan fingerprint density at radius 3 is 2.36 bits per heavy atom. The number of amides is 1. The van der Waals surface area contributed by atoms with Crippen molar-refractivity contribution in [2.24, 2.45) is 0 Å². The molecule has 2 heterocycles. The molecule has 0 spiro atoms. The molecule has 3 rings (SSSR count). The van der Waals surface area contributed by atoms with Crippen LogP contribution in [-0.4, -0.2) is 38.7 Å². The van der Waals surface area contributed by atoms with Crippen LogP contribution in [0.2, 0.25) is 0 Å². The van der Waals surface area contributed by atoms with Crippen LogP contribution >= 0.6 is 0 Å². The Morgan fingerprint density at radius 2 is 1.82 bits per heavy atom. The van der Waals surface area contributed by atoms with Crippen LogP contribution in [-0.2, 0) is 13.1 Å². The Kier molecular flexibility index (Phi) is 5.35. The van der Waals surface area contributed by atoms with Crippen molar-refractivity contribution in [2.75, 3.05) is 7.05 Å². The van der Waals surface area contributed by atoms with Gasteiger partial charge in [0.05, 0.1) is 18.8 Å². The number of carbonyl (C=O) groups is 2. The summed E-state index contributed by atoms with van der Waals surface area (Å²) >= 11 is 0. The van der Waals surface area contributed by atoms with Crippen molar-refractivity contribution in [3.05, 3.63) is 76.0 Å². The maximum Gasteiger partial charge on any atom is 0.339 e.